The number of hydrogen-bond donors (Lipinski definition) is 1. The van der Waals surface area contributed by atoms with Crippen LogP contribution in [0.1, 0.15) is 42.9 Å². The molecule has 0 heterocycles. The maximum absolute atomic E-state index is 13.8. The predicted molar refractivity (Wildman–Crippen MR) is 157 cm³/mol. The van der Waals surface area contributed by atoms with Gasteiger partial charge in [-0.25, -0.2) is 8.42 Å². The van der Waals surface area contributed by atoms with Crippen LogP contribution in [0.25, 0.3) is 0 Å². The molecule has 1 N–H and O–H groups in total. The number of nitrogens with one attached hydrogen (secondary N) is 1. The summed E-state index contributed by atoms with van der Waals surface area (Å²) in [5, 5.41) is 2.98. The molecule has 0 aliphatic carbocycles. The van der Waals surface area contributed by atoms with Crippen molar-refractivity contribution in [3.8, 4) is 0 Å². The summed E-state index contributed by atoms with van der Waals surface area (Å²) in [5.74, 6) is -0.382. The monoisotopic (exact) mass is 549 g/mol. The van der Waals surface area contributed by atoms with Crippen LogP contribution in [-0.4, -0.2) is 50.5 Å². The topological polar surface area (TPSA) is 86.8 Å². The Morgan fingerprint density at radius 2 is 1.46 bits per heavy atom. The van der Waals surface area contributed by atoms with Gasteiger partial charge >= 0.3 is 0 Å². The highest BCUT2D eigenvalue weighted by Crippen LogP contribution is 2.23. The molecule has 7 nitrogen and oxygen atoms in total. The van der Waals surface area contributed by atoms with Gasteiger partial charge in [-0.2, -0.15) is 0 Å². The van der Waals surface area contributed by atoms with E-state index in [1.54, 1.807) is 17.0 Å². The van der Waals surface area contributed by atoms with Gasteiger partial charge in [-0.1, -0.05) is 85.8 Å². The molecule has 3 aromatic carbocycles. The number of carbonyl (C=O) groups is 2. The first kappa shape index (κ1) is 29.9. The fourth-order valence-electron chi connectivity index (χ4n) is 4.53. The van der Waals surface area contributed by atoms with Gasteiger partial charge in [0.25, 0.3) is 0 Å². The fraction of sp³-hybridized carbons (Fsp3) is 0.355. The number of carbonyl (C=O) groups excluding carboxylic acids is 2. The van der Waals surface area contributed by atoms with E-state index in [2.05, 4.69) is 5.32 Å². The van der Waals surface area contributed by atoms with Gasteiger partial charge in [0.2, 0.25) is 21.8 Å². The number of benzene rings is 3. The Labute approximate surface area is 232 Å². The van der Waals surface area contributed by atoms with Crippen molar-refractivity contribution < 1.29 is 18.0 Å². The molecule has 0 aromatic heterocycles. The molecule has 39 heavy (non-hydrogen) atoms. The number of nitrogens with zero attached hydrogens (tertiary/aromatic N) is 2. The predicted octanol–water partition coefficient (Wildman–Crippen LogP) is 4.71. The average molecular weight is 550 g/mol. The van der Waals surface area contributed by atoms with Crippen molar-refractivity contribution in [1.29, 1.82) is 0 Å². The average Bonchev–Trinajstić information content (AvgIpc) is 2.92. The molecular weight excluding hydrogens is 510 g/mol. The summed E-state index contributed by atoms with van der Waals surface area (Å²) in [7, 11) is -3.54. The van der Waals surface area contributed by atoms with Gasteiger partial charge in [-0.3, -0.25) is 13.9 Å². The van der Waals surface area contributed by atoms with Crippen molar-refractivity contribution in [3.63, 3.8) is 0 Å². The Bertz CT molecular complexity index is 1310. The molecule has 2 amide bonds. The molecule has 0 saturated carbocycles. The molecule has 0 aliphatic heterocycles. The molecule has 208 valence electrons. The molecule has 3 rings (SSSR count). The number of hydrogen-bond acceptors (Lipinski definition) is 4. The molecule has 0 unspecified atom stereocenters. The van der Waals surface area contributed by atoms with E-state index in [0.717, 1.165) is 23.1 Å². The molecular formula is C31H39N3O4S. The minimum Gasteiger partial charge on any atom is -0.354 e. The van der Waals surface area contributed by atoms with Crippen LogP contribution in [0.15, 0.2) is 84.9 Å². The van der Waals surface area contributed by atoms with E-state index >= 15 is 0 Å². The highest BCUT2D eigenvalue weighted by Gasteiger charge is 2.30. The first-order valence-corrected chi connectivity index (χ1v) is 15.2. The lowest BCUT2D eigenvalue weighted by molar-refractivity contribution is -0.141. The molecule has 0 fully saturated rings. The Morgan fingerprint density at radius 3 is 2.05 bits per heavy atom. The number of para-hydroxylation sites is 1. The van der Waals surface area contributed by atoms with Crippen molar-refractivity contribution in [2.75, 3.05) is 23.7 Å². The minimum atomic E-state index is -3.54. The third-order valence-corrected chi connectivity index (χ3v) is 7.73. The van der Waals surface area contributed by atoms with Crippen LogP contribution >= 0.6 is 0 Å². The number of anilines is 1. The fourth-order valence-corrected chi connectivity index (χ4v) is 5.55. The second kappa shape index (κ2) is 14.5. The van der Waals surface area contributed by atoms with Gasteiger partial charge in [0.1, 0.15) is 6.04 Å². The molecule has 8 heteroatoms. The van der Waals surface area contributed by atoms with Crippen LogP contribution in [0.2, 0.25) is 0 Å². The first-order valence-electron chi connectivity index (χ1n) is 13.4. The number of amides is 2. The Hall–Kier alpha value is -3.65. The van der Waals surface area contributed by atoms with Crippen molar-refractivity contribution in [2.45, 2.75) is 52.1 Å². The number of rotatable bonds is 14. The van der Waals surface area contributed by atoms with E-state index in [1.807, 2.05) is 86.6 Å². The lowest BCUT2D eigenvalue weighted by atomic mass is 10.0. The quantitative estimate of drug-likeness (QED) is 0.316. The molecule has 0 aliphatic rings. The molecule has 0 radical (unpaired) electrons. The SMILES string of the molecule is CCCNC(=O)[C@H](Cc1ccccc1)N(Cc1ccccc1)C(=O)CCCN(c1ccccc1C)S(C)(=O)=O. The smallest absolute Gasteiger partial charge is 0.243 e. The first-order chi connectivity index (χ1) is 18.7. The summed E-state index contributed by atoms with van der Waals surface area (Å²) < 4.78 is 26.6. The minimum absolute atomic E-state index is 0.108. The lowest BCUT2D eigenvalue weighted by Gasteiger charge is -2.32. The van der Waals surface area contributed by atoms with E-state index in [4.69, 9.17) is 0 Å². The highest BCUT2D eigenvalue weighted by atomic mass is 32.2. The van der Waals surface area contributed by atoms with Crippen LogP contribution in [-0.2, 0) is 32.6 Å². The van der Waals surface area contributed by atoms with Crippen molar-refractivity contribution in [1.82, 2.24) is 10.2 Å². The zero-order valence-electron chi connectivity index (χ0n) is 23.0. The Balaban J connectivity index is 1.85. The van der Waals surface area contributed by atoms with E-state index < -0.39 is 16.1 Å². The standard InChI is InChI=1S/C31H39N3O4S/c1-4-21-32-31(36)29(23-26-15-7-5-8-16-26)33(24-27-17-9-6-10-18-27)30(35)20-13-22-34(39(3,37)38)28-19-12-11-14-25(28)2/h5-12,14-19,29H,4,13,20-24H2,1-3H3,(H,32,36)/t29-/m0/s1. The summed E-state index contributed by atoms with van der Waals surface area (Å²) in [6, 6.07) is 25.9. The van der Waals surface area contributed by atoms with Crippen molar-refractivity contribution in [3.05, 3.63) is 102 Å². The molecule has 0 spiro atoms. The van der Waals surface area contributed by atoms with E-state index in [-0.39, 0.29) is 31.3 Å². The lowest BCUT2D eigenvalue weighted by Crippen LogP contribution is -2.50. The van der Waals surface area contributed by atoms with Crippen LogP contribution < -0.4 is 9.62 Å². The zero-order chi connectivity index (χ0) is 28.3. The highest BCUT2D eigenvalue weighted by molar-refractivity contribution is 7.92. The normalized spacial score (nSPS) is 12.0. The van der Waals surface area contributed by atoms with Crippen LogP contribution in [0.4, 0.5) is 5.69 Å². The van der Waals surface area contributed by atoms with Gasteiger partial charge in [0.15, 0.2) is 0 Å². The zero-order valence-corrected chi connectivity index (χ0v) is 23.9. The Kier molecular flexibility index (Phi) is 11.1. The largest absolute Gasteiger partial charge is 0.354 e. The van der Waals surface area contributed by atoms with Crippen LogP contribution in [0, 0.1) is 6.92 Å². The number of sulfonamides is 1. The van der Waals surface area contributed by atoms with Gasteiger partial charge in [0, 0.05) is 32.5 Å². The second-order valence-electron chi connectivity index (χ2n) is 9.73. The van der Waals surface area contributed by atoms with E-state index in [0.29, 0.717) is 25.1 Å². The third-order valence-electron chi connectivity index (χ3n) is 6.55. The van der Waals surface area contributed by atoms with Gasteiger partial charge < -0.3 is 10.2 Å². The summed E-state index contributed by atoms with van der Waals surface area (Å²) in [6.07, 6.45) is 2.78. The summed E-state index contributed by atoms with van der Waals surface area (Å²) in [5.41, 5.74) is 3.33. The van der Waals surface area contributed by atoms with E-state index in [9.17, 15) is 18.0 Å². The summed E-state index contributed by atoms with van der Waals surface area (Å²) >= 11 is 0. The molecule has 0 bridgehead atoms. The Morgan fingerprint density at radius 1 is 0.872 bits per heavy atom. The van der Waals surface area contributed by atoms with Crippen molar-refractivity contribution >= 4 is 27.5 Å². The van der Waals surface area contributed by atoms with Crippen LogP contribution in [0.3, 0.4) is 0 Å². The maximum atomic E-state index is 13.8. The molecule has 0 saturated heterocycles. The van der Waals surface area contributed by atoms with E-state index in [1.165, 1.54) is 10.6 Å². The number of aryl methyl sites for hydroxylation is 1. The van der Waals surface area contributed by atoms with Gasteiger partial charge in [-0.05, 0) is 42.5 Å². The van der Waals surface area contributed by atoms with Crippen molar-refractivity contribution in [2.24, 2.45) is 0 Å². The van der Waals surface area contributed by atoms with Crippen LogP contribution in [0.5, 0.6) is 0 Å². The maximum Gasteiger partial charge on any atom is 0.243 e. The molecule has 1 atom stereocenters. The third kappa shape index (κ3) is 8.96. The molecule has 3 aromatic rings. The summed E-state index contributed by atoms with van der Waals surface area (Å²) in [4.78, 5) is 28.8. The second-order valence-corrected chi connectivity index (χ2v) is 11.6. The van der Waals surface area contributed by atoms with Gasteiger partial charge in [-0.15, -0.1) is 0 Å². The summed E-state index contributed by atoms with van der Waals surface area (Å²) in [6.45, 7) is 4.83. The van der Waals surface area contributed by atoms with Gasteiger partial charge in [0.05, 0.1) is 11.9 Å².